The molecule has 1 aliphatic rings. The molecule has 0 bridgehead atoms. The second-order valence-corrected chi connectivity index (χ2v) is 9.40. The van der Waals surface area contributed by atoms with Gasteiger partial charge in [-0.1, -0.05) is 19.4 Å². The number of fused-ring (bicyclic) bond motifs is 1. The van der Waals surface area contributed by atoms with Gasteiger partial charge in [0.25, 0.3) is 5.56 Å². The first-order valence-electron chi connectivity index (χ1n) is 11.9. The van der Waals surface area contributed by atoms with E-state index in [0.717, 1.165) is 19.0 Å². The van der Waals surface area contributed by atoms with Gasteiger partial charge in [0.05, 0.1) is 24.0 Å². The number of carbonyl (C=O) groups excluding carboxylic acids is 1. The van der Waals surface area contributed by atoms with E-state index in [0.29, 0.717) is 47.4 Å². The summed E-state index contributed by atoms with van der Waals surface area (Å²) >= 11 is 0. The van der Waals surface area contributed by atoms with Crippen LogP contribution in [0.4, 0.5) is 16.0 Å². The maximum atomic E-state index is 13.5. The Morgan fingerprint density at radius 2 is 2.06 bits per heavy atom. The second kappa shape index (κ2) is 10.4. The van der Waals surface area contributed by atoms with Crippen LogP contribution in [0.3, 0.4) is 0 Å². The van der Waals surface area contributed by atoms with Crippen molar-refractivity contribution >= 4 is 23.6 Å². The molecule has 1 aliphatic carbocycles. The maximum Gasteiger partial charge on any atom is 0.279 e. The predicted octanol–water partition coefficient (Wildman–Crippen LogP) is 3.66. The van der Waals surface area contributed by atoms with E-state index in [-0.39, 0.29) is 23.8 Å². The average Bonchev–Trinajstić information content (AvgIpc) is 3.49. The van der Waals surface area contributed by atoms with Crippen molar-refractivity contribution in [1.29, 1.82) is 0 Å². The fraction of sp³-hybridized carbons (Fsp3) is 0.440. The molecule has 1 fully saturated rings. The van der Waals surface area contributed by atoms with Crippen molar-refractivity contribution in [2.24, 2.45) is 0 Å². The van der Waals surface area contributed by atoms with E-state index in [1.165, 1.54) is 29.5 Å². The molecule has 0 unspecified atom stereocenters. The maximum absolute atomic E-state index is 13.5. The van der Waals surface area contributed by atoms with Gasteiger partial charge in [0.2, 0.25) is 0 Å². The van der Waals surface area contributed by atoms with Crippen LogP contribution < -0.4 is 16.2 Å². The molecule has 3 aromatic rings. The Morgan fingerprint density at radius 1 is 1.31 bits per heavy atom. The van der Waals surface area contributed by atoms with Crippen LogP contribution in [0.1, 0.15) is 55.6 Å². The van der Waals surface area contributed by atoms with Crippen molar-refractivity contribution < 1.29 is 9.18 Å². The zero-order chi connectivity index (χ0) is 25.1. The van der Waals surface area contributed by atoms with Gasteiger partial charge in [-0.25, -0.2) is 9.37 Å². The quantitative estimate of drug-likeness (QED) is 0.427. The van der Waals surface area contributed by atoms with E-state index in [4.69, 9.17) is 0 Å². The number of hydrogen-bond acceptors (Lipinski definition) is 7. The molecule has 0 saturated heterocycles. The number of hydrogen-bond donors (Lipinski definition) is 2. The topological polar surface area (TPSA) is 96.6 Å². The monoisotopic (exact) mass is 481 g/mol. The van der Waals surface area contributed by atoms with Gasteiger partial charge >= 0.3 is 0 Å². The number of nitrogens with zero attached hydrogens (tertiary/aromatic N) is 5. The van der Waals surface area contributed by atoms with Crippen molar-refractivity contribution in [3.05, 3.63) is 64.1 Å². The molecule has 3 aromatic heterocycles. The molecule has 0 aromatic carbocycles. The van der Waals surface area contributed by atoms with Crippen LogP contribution in [0, 0.1) is 5.82 Å². The van der Waals surface area contributed by atoms with Gasteiger partial charge in [-0.3, -0.25) is 14.5 Å². The SMILES string of the molecule is C=C(Cn1c(C=O)c(CN(C)C(C)C)c(=O)n2nc(NC3CCCC3)cc12)Nc1ccc(F)cn1. The number of carbonyl (C=O) groups is 1. The van der Waals surface area contributed by atoms with Crippen molar-refractivity contribution in [3.8, 4) is 0 Å². The lowest BCUT2D eigenvalue weighted by molar-refractivity contribution is 0.111. The van der Waals surface area contributed by atoms with E-state index in [2.05, 4.69) is 27.3 Å². The summed E-state index contributed by atoms with van der Waals surface area (Å²) in [5, 5.41) is 11.0. The molecule has 1 saturated carbocycles. The molecule has 9 nitrogen and oxygen atoms in total. The largest absolute Gasteiger partial charge is 0.366 e. The number of nitrogens with one attached hydrogen (secondary N) is 2. The molecular weight excluding hydrogens is 449 g/mol. The van der Waals surface area contributed by atoms with Gasteiger partial charge in [0, 0.05) is 30.4 Å². The Hall–Kier alpha value is -3.53. The number of anilines is 2. The van der Waals surface area contributed by atoms with Crippen molar-refractivity contribution in [3.63, 3.8) is 0 Å². The van der Waals surface area contributed by atoms with E-state index < -0.39 is 5.82 Å². The third kappa shape index (κ3) is 5.43. The minimum Gasteiger partial charge on any atom is -0.366 e. The normalized spacial score (nSPS) is 14.2. The molecule has 4 rings (SSSR count). The zero-order valence-electron chi connectivity index (χ0n) is 20.4. The van der Waals surface area contributed by atoms with Gasteiger partial charge in [0.15, 0.2) is 12.1 Å². The molecule has 3 heterocycles. The lowest BCUT2D eigenvalue weighted by Crippen LogP contribution is -2.34. The van der Waals surface area contributed by atoms with Gasteiger partial charge in [-0.15, -0.1) is 5.10 Å². The van der Waals surface area contributed by atoms with Gasteiger partial charge < -0.3 is 15.2 Å². The number of allylic oxidation sites excluding steroid dienone is 1. The third-order valence-corrected chi connectivity index (χ3v) is 6.51. The lowest BCUT2D eigenvalue weighted by atomic mass is 10.2. The minimum atomic E-state index is -0.438. The van der Waals surface area contributed by atoms with Crippen LogP contribution in [0.2, 0.25) is 0 Å². The highest BCUT2D eigenvalue weighted by Gasteiger charge is 2.22. The number of halogens is 1. The molecule has 2 N–H and O–H groups in total. The first-order valence-corrected chi connectivity index (χ1v) is 11.9. The molecule has 10 heteroatoms. The summed E-state index contributed by atoms with van der Waals surface area (Å²) in [6, 6.07) is 5.10. The summed E-state index contributed by atoms with van der Waals surface area (Å²) in [4.78, 5) is 31.8. The fourth-order valence-corrected chi connectivity index (χ4v) is 4.33. The Morgan fingerprint density at radius 3 is 2.69 bits per heavy atom. The van der Waals surface area contributed by atoms with Crippen molar-refractivity contribution in [2.45, 2.75) is 64.7 Å². The number of aldehydes is 1. The van der Waals surface area contributed by atoms with Crippen molar-refractivity contribution in [1.82, 2.24) is 24.1 Å². The summed E-state index contributed by atoms with van der Waals surface area (Å²) in [5.41, 5.74) is 1.34. The summed E-state index contributed by atoms with van der Waals surface area (Å²) in [5.74, 6) is 0.595. The van der Waals surface area contributed by atoms with Crippen LogP contribution in [-0.2, 0) is 13.1 Å². The first-order chi connectivity index (χ1) is 16.8. The highest BCUT2D eigenvalue weighted by molar-refractivity contribution is 5.76. The average molecular weight is 482 g/mol. The number of aromatic nitrogens is 4. The standard InChI is InChI=1S/C25H32FN7O2/c1-16(2)31(4)14-20-21(15-34)32(13-17(3)28-22-10-9-18(26)12-27-22)24-11-23(30-33(24)25(20)35)29-19-7-5-6-8-19/h9-12,15-16,19H,3,5-8,13-14H2,1-2,4H3,(H,27,28)(H,29,30). The second-order valence-electron chi connectivity index (χ2n) is 9.40. The zero-order valence-corrected chi connectivity index (χ0v) is 20.4. The minimum absolute atomic E-state index is 0.177. The lowest BCUT2D eigenvalue weighted by Gasteiger charge is -2.23. The molecule has 0 radical (unpaired) electrons. The van der Waals surface area contributed by atoms with E-state index in [1.807, 2.05) is 25.8 Å². The molecule has 35 heavy (non-hydrogen) atoms. The Labute approximate surface area is 203 Å². The van der Waals surface area contributed by atoms with Crippen LogP contribution in [0.15, 0.2) is 41.5 Å². The molecule has 0 atom stereocenters. The first kappa shape index (κ1) is 24.6. The predicted molar refractivity (Wildman–Crippen MR) is 134 cm³/mol. The summed E-state index contributed by atoms with van der Waals surface area (Å²) in [6.45, 7) is 8.60. The fourth-order valence-electron chi connectivity index (χ4n) is 4.33. The highest BCUT2D eigenvalue weighted by atomic mass is 19.1. The molecule has 0 aliphatic heterocycles. The number of pyridine rings is 1. The van der Waals surface area contributed by atoms with Crippen LogP contribution in [0.5, 0.6) is 0 Å². The van der Waals surface area contributed by atoms with E-state index >= 15 is 0 Å². The number of rotatable bonds is 10. The molecule has 0 amide bonds. The third-order valence-electron chi connectivity index (χ3n) is 6.51. The van der Waals surface area contributed by atoms with Gasteiger partial charge in [-0.2, -0.15) is 4.52 Å². The van der Waals surface area contributed by atoms with E-state index in [1.54, 1.807) is 10.6 Å². The Kier molecular flexibility index (Phi) is 7.30. The smallest absolute Gasteiger partial charge is 0.279 e. The van der Waals surface area contributed by atoms with Crippen LogP contribution in [0.25, 0.3) is 5.65 Å². The molecule has 0 spiro atoms. The van der Waals surface area contributed by atoms with Crippen LogP contribution in [-0.4, -0.2) is 49.5 Å². The van der Waals surface area contributed by atoms with Gasteiger partial charge in [0.1, 0.15) is 17.3 Å². The Bertz CT molecular complexity index is 1270. The Balaban J connectivity index is 1.76. The highest BCUT2D eigenvalue weighted by Crippen LogP contribution is 2.23. The van der Waals surface area contributed by atoms with Crippen LogP contribution >= 0.6 is 0 Å². The van der Waals surface area contributed by atoms with Gasteiger partial charge in [-0.05, 0) is 45.9 Å². The molecular formula is C25H32FN7O2. The van der Waals surface area contributed by atoms with Crippen molar-refractivity contribution in [2.75, 3.05) is 17.7 Å². The molecule has 186 valence electrons. The summed E-state index contributed by atoms with van der Waals surface area (Å²) < 4.78 is 16.3. The van der Waals surface area contributed by atoms with E-state index in [9.17, 15) is 14.0 Å². The summed E-state index contributed by atoms with van der Waals surface area (Å²) in [6.07, 6.45) is 6.29. The summed E-state index contributed by atoms with van der Waals surface area (Å²) in [7, 11) is 1.91.